The highest BCUT2D eigenvalue weighted by Gasteiger charge is 2.21. The summed E-state index contributed by atoms with van der Waals surface area (Å²) in [6, 6.07) is 17.2. The van der Waals surface area contributed by atoms with Gasteiger partial charge in [0.25, 0.3) is 5.91 Å². The lowest BCUT2D eigenvalue weighted by molar-refractivity contribution is 0.0383. The molecule has 4 rings (SSSR count). The van der Waals surface area contributed by atoms with E-state index in [2.05, 4.69) is 10.2 Å². The van der Waals surface area contributed by atoms with E-state index in [4.69, 9.17) is 32.9 Å². The zero-order valence-corrected chi connectivity index (χ0v) is 19.4. The topological polar surface area (TPSA) is 54.5 Å². The molecule has 7 heteroatoms. The number of amides is 1. The van der Waals surface area contributed by atoms with Crippen LogP contribution in [0.15, 0.2) is 54.6 Å². The second-order valence-electron chi connectivity index (χ2n) is 7.69. The quantitative estimate of drug-likeness (QED) is 0.545. The van der Waals surface area contributed by atoms with E-state index in [-0.39, 0.29) is 5.91 Å². The first-order valence-corrected chi connectivity index (χ1v) is 11.4. The summed E-state index contributed by atoms with van der Waals surface area (Å²) in [5, 5.41) is 3.91. The second kappa shape index (κ2) is 10.5. The van der Waals surface area contributed by atoms with Gasteiger partial charge in [0.2, 0.25) is 0 Å². The van der Waals surface area contributed by atoms with Crippen molar-refractivity contribution in [2.75, 3.05) is 39.4 Å². The second-order valence-corrected chi connectivity index (χ2v) is 8.48. The molecule has 2 heterocycles. The summed E-state index contributed by atoms with van der Waals surface area (Å²) in [7, 11) is 0. The van der Waals surface area contributed by atoms with Crippen LogP contribution in [0.25, 0.3) is 22.4 Å². The number of rotatable bonds is 6. The van der Waals surface area contributed by atoms with Gasteiger partial charge in [0.05, 0.1) is 40.2 Å². The third-order valence-corrected chi connectivity index (χ3v) is 6.37. The third kappa shape index (κ3) is 5.13. The van der Waals surface area contributed by atoms with Crippen molar-refractivity contribution < 1.29 is 9.53 Å². The van der Waals surface area contributed by atoms with Gasteiger partial charge in [0.15, 0.2) is 0 Å². The Morgan fingerprint density at radius 2 is 1.81 bits per heavy atom. The third-order valence-electron chi connectivity index (χ3n) is 5.56. The lowest BCUT2D eigenvalue weighted by Gasteiger charge is -2.26. The molecule has 1 fully saturated rings. The minimum atomic E-state index is -0.172. The monoisotopic (exact) mass is 469 g/mol. The summed E-state index contributed by atoms with van der Waals surface area (Å²) in [5.74, 6) is -0.172. The van der Waals surface area contributed by atoms with Gasteiger partial charge in [-0.25, -0.2) is 0 Å². The molecule has 1 amide bonds. The van der Waals surface area contributed by atoms with Gasteiger partial charge in [-0.1, -0.05) is 65.7 Å². The normalized spacial score (nSPS) is 14.3. The van der Waals surface area contributed by atoms with Crippen molar-refractivity contribution in [3.8, 4) is 22.4 Å². The predicted molar refractivity (Wildman–Crippen MR) is 129 cm³/mol. The Hall–Kier alpha value is -2.44. The van der Waals surface area contributed by atoms with E-state index in [9.17, 15) is 4.79 Å². The molecule has 166 valence electrons. The number of hydrogen-bond acceptors (Lipinski definition) is 4. The summed E-state index contributed by atoms with van der Waals surface area (Å²) in [4.78, 5) is 20.3. The number of ether oxygens (including phenoxy) is 1. The van der Waals surface area contributed by atoms with Gasteiger partial charge in [0.1, 0.15) is 0 Å². The fourth-order valence-electron chi connectivity index (χ4n) is 3.88. The number of pyridine rings is 1. The van der Waals surface area contributed by atoms with Crippen molar-refractivity contribution in [1.29, 1.82) is 0 Å². The molecule has 0 atom stereocenters. The number of hydrogen-bond donors (Lipinski definition) is 1. The number of nitrogens with zero attached hydrogens (tertiary/aromatic N) is 2. The lowest BCUT2D eigenvalue weighted by Crippen LogP contribution is -2.41. The van der Waals surface area contributed by atoms with E-state index in [0.717, 1.165) is 44.1 Å². The average molecular weight is 470 g/mol. The van der Waals surface area contributed by atoms with Crippen LogP contribution < -0.4 is 5.32 Å². The number of aromatic nitrogens is 1. The lowest BCUT2D eigenvalue weighted by atomic mass is 9.95. The summed E-state index contributed by atoms with van der Waals surface area (Å²) in [6.45, 7) is 6.39. The number of nitrogens with one attached hydrogen (secondary N) is 1. The fourth-order valence-corrected chi connectivity index (χ4v) is 4.28. The molecule has 0 aliphatic carbocycles. The number of carbonyl (C=O) groups excluding carboxylic acids is 1. The fraction of sp³-hybridized carbons (Fsp3) is 0.280. The number of carbonyl (C=O) groups is 1. The van der Waals surface area contributed by atoms with Crippen molar-refractivity contribution in [2.24, 2.45) is 0 Å². The van der Waals surface area contributed by atoms with Crippen LogP contribution in [-0.2, 0) is 4.74 Å². The van der Waals surface area contributed by atoms with Crippen molar-refractivity contribution in [1.82, 2.24) is 15.2 Å². The maximum absolute atomic E-state index is 13.3. The van der Waals surface area contributed by atoms with Crippen LogP contribution in [0.5, 0.6) is 0 Å². The average Bonchev–Trinajstić information content (AvgIpc) is 2.81. The van der Waals surface area contributed by atoms with Gasteiger partial charge in [-0.05, 0) is 24.6 Å². The van der Waals surface area contributed by atoms with Crippen LogP contribution in [0.4, 0.5) is 0 Å². The van der Waals surface area contributed by atoms with Gasteiger partial charge < -0.3 is 10.1 Å². The van der Waals surface area contributed by atoms with Crippen LogP contribution >= 0.6 is 23.2 Å². The van der Waals surface area contributed by atoms with Gasteiger partial charge in [-0.2, -0.15) is 0 Å². The first-order chi connectivity index (χ1) is 15.5. The van der Waals surface area contributed by atoms with Crippen molar-refractivity contribution in [2.45, 2.75) is 6.92 Å². The molecule has 0 unspecified atom stereocenters. The molecule has 1 aromatic heterocycles. The number of morpholine rings is 1. The van der Waals surface area contributed by atoms with Crippen LogP contribution in [0.3, 0.4) is 0 Å². The largest absolute Gasteiger partial charge is 0.379 e. The molecule has 0 radical (unpaired) electrons. The van der Waals surface area contributed by atoms with Crippen molar-refractivity contribution in [3.63, 3.8) is 0 Å². The van der Waals surface area contributed by atoms with Gasteiger partial charge in [-0.15, -0.1) is 0 Å². The maximum atomic E-state index is 13.3. The van der Waals surface area contributed by atoms with Gasteiger partial charge >= 0.3 is 0 Å². The Balaban J connectivity index is 1.68. The maximum Gasteiger partial charge on any atom is 0.253 e. The summed E-state index contributed by atoms with van der Waals surface area (Å²) >= 11 is 12.9. The van der Waals surface area contributed by atoms with Crippen molar-refractivity contribution in [3.05, 3.63) is 75.9 Å². The van der Waals surface area contributed by atoms with E-state index in [1.54, 1.807) is 6.07 Å². The zero-order chi connectivity index (χ0) is 22.5. The Morgan fingerprint density at radius 3 is 2.56 bits per heavy atom. The molecule has 3 aromatic rings. The molecular weight excluding hydrogens is 445 g/mol. The standard InChI is InChI=1S/C25H25Cl2N3O2/c1-17-23(25(31)28-10-11-30-12-14-32-15-13-30)20(19-8-5-9-21(26)24(19)27)16-22(29-17)18-6-3-2-4-7-18/h2-9,16H,10-15H2,1H3,(H,28,31). The molecule has 0 spiro atoms. The minimum Gasteiger partial charge on any atom is -0.379 e. The molecule has 0 bridgehead atoms. The molecule has 1 N–H and O–H groups in total. The Kier molecular flexibility index (Phi) is 7.43. The molecule has 0 saturated carbocycles. The molecular formula is C25H25Cl2N3O2. The van der Waals surface area contributed by atoms with Gasteiger partial charge in [0, 0.05) is 37.3 Å². The molecule has 5 nitrogen and oxygen atoms in total. The minimum absolute atomic E-state index is 0.172. The van der Waals surface area contributed by atoms with Crippen molar-refractivity contribution >= 4 is 29.1 Å². The van der Waals surface area contributed by atoms with E-state index >= 15 is 0 Å². The van der Waals surface area contributed by atoms with E-state index in [0.29, 0.717) is 39.0 Å². The van der Waals surface area contributed by atoms with Crippen LogP contribution in [0.1, 0.15) is 16.1 Å². The Morgan fingerprint density at radius 1 is 1.06 bits per heavy atom. The van der Waals surface area contributed by atoms with Crippen LogP contribution in [0, 0.1) is 6.92 Å². The number of aryl methyl sites for hydroxylation is 1. The highest BCUT2D eigenvalue weighted by Crippen LogP contribution is 2.37. The van der Waals surface area contributed by atoms with E-state index in [1.807, 2.05) is 55.5 Å². The summed E-state index contributed by atoms with van der Waals surface area (Å²) in [6.07, 6.45) is 0. The van der Waals surface area contributed by atoms with Crippen LogP contribution in [0.2, 0.25) is 10.0 Å². The number of benzene rings is 2. The zero-order valence-electron chi connectivity index (χ0n) is 17.9. The van der Waals surface area contributed by atoms with E-state index in [1.165, 1.54) is 0 Å². The Labute approximate surface area is 198 Å². The number of halogens is 2. The molecule has 1 aliphatic rings. The van der Waals surface area contributed by atoms with Crippen LogP contribution in [-0.4, -0.2) is 55.2 Å². The molecule has 1 aliphatic heterocycles. The summed E-state index contributed by atoms with van der Waals surface area (Å²) in [5.41, 5.74) is 4.32. The van der Waals surface area contributed by atoms with E-state index < -0.39 is 0 Å². The highest BCUT2D eigenvalue weighted by molar-refractivity contribution is 6.43. The Bertz CT molecular complexity index is 1100. The highest BCUT2D eigenvalue weighted by atomic mass is 35.5. The SMILES string of the molecule is Cc1nc(-c2ccccc2)cc(-c2cccc(Cl)c2Cl)c1C(=O)NCCN1CCOCC1. The first kappa shape index (κ1) is 22.7. The molecule has 2 aromatic carbocycles. The predicted octanol–water partition coefficient (Wildman–Crippen LogP) is 5.09. The van der Waals surface area contributed by atoms with Gasteiger partial charge in [-0.3, -0.25) is 14.7 Å². The smallest absolute Gasteiger partial charge is 0.253 e. The first-order valence-electron chi connectivity index (χ1n) is 10.6. The molecule has 32 heavy (non-hydrogen) atoms. The molecule has 1 saturated heterocycles. The summed E-state index contributed by atoms with van der Waals surface area (Å²) < 4.78 is 5.38.